The van der Waals surface area contributed by atoms with Crippen molar-refractivity contribution < 1.29 is 21.6 Å². The Hall–Kier alpha value is -2.45. The van der Waals surface area contributed by atoms with Gasteiger partial charge in [0.15, 0.2) is 0 Å². The van der Waals surface area contributed by atoms with Crippen molar-refractivity contribution >= 4 is 20.7 Å². The lowest BCUT2D eigenvalue weighted by Gasteiger charge is -2.23. The first-order chi connectivity index (χ1) is 13.8. The van der Waals surface area contributed by atoms with E-state index < -0.39 is 26.5 Å². The first-order valence-corrected chi connectivity index (χ1v) is 10.8. The third-order valence-corrected chi connectivity index (χ3v) is 7.00. The van der Waals surface area contributed by atoms with Gasteiger partial charge in [0.1, 0.15) is 0 Å². The smallest absolute Gasteiger partial charge is 0.317 e. The van der Waals surface area contributed by atoms with E-state index in [2.05, 4.69) is 10.3 Å². The second-order valence-electron chi connectivity index (χ2n) is 7.14. The number of rotatable bonds is 3. The quantitative estimate of drug-likeness (QED) is 0.675. The van der Waals surface area contributed by atoms with Crippen LogP contribution in [0.2, 0.25) is 0 Å². The first-order valence-electron chi connectivity index (χ1n) is 9.28. The number of benzene rings is 2. The summed E-state index contributed by atoms with van der Waals surface area (Å²) in [5.41, 5.74) is 0.815. The topological polar surface area (TPSA) is 59.1 Å². The van der Waals surface area contributed by atoms with Crippen LogP contribution >= 0.6 is 0 Å². The molecule has 152 valence electrons. The van der Waals surface area contributed by atoms with Crippen LogP contribution < -0.4 is 5.32 Å². The Kier molecular flexibility index (Phi) is 5.08. The molecule has 0 unspecified atom stereocenters. The number of para-hydroxylation sites is 1. The summed E-state index contributed by atoms with van der Waals surface area (Å²) in [6.07, 6.45) is -1.42. The maximum absolute atomic E-state index is 13.0. The maximum atomic E-state index is 13.0. The molecule has 1 saturated heterocycles. The first kappa shape index (κ1) is 19.8. The molecule has 4 nitrogen and oxygen atoms in total. The number of halogens is 3. The van der Waals surface area contributed by atoms with Crippen molar-refractivity contribution in [2.75, 3.05) is 13.1 Å². The van der Waals surface area contributed by atoms with Crippen LogP contribution in [0.5, 0.6) is 0 Å². The highest BCUT2D eigenvalue weighted by Crippen LogP contribution is 2.34. The van der Waals surface area contributed by atoms with E-state index in [0.717, 1.165) is 49.1 Å². The molecule has 0 amide bonds. The molecule has 0 aliphatic carbocycles. The number of alkyl halides is 3. The van der Waals surface area contributed by atoms with E-state index in [4.69, 9.17) is 0 Å². The molecule has 1 fully saturated rings. The van der Waals surface area contributed by atoms with E-state index >= 15 is 0 Å². The largest absolute Gasteiger partial charge is 0.416 e. The number of hydrogen-bond donors (Lipinski definition) is 1. The molecule has 1 N–H and O–H groups in total. The second kappa shape index (κ2) is 7.42. The van der Waals surface area contributed by atoms with Crippen LogP contribution in [0.1, 0.15) is 29.9 Å². The van der Waals surface area contributed by atoms with Crippen molar-refractivity contribution in [3.8, 4) is 0 Å². The van der Waals surface area contributed by atoms with Gasteiger partial charge in [-0.25, -0.2) is 8.42 Å². The number of piperidine rings is 1. The van der Waals surface area contributed by atoms with E-state index in [-0.39, 0.29) is 4.90 Å². The third kappa shape index (κ3) is 3.86. The summed E-state index contributed by atoms with van der Waals surface area (Å²) in [7, 11) is -4.12. The molecule has 4 rings (SSSR count). The van der Waals surface area contributed by atoms with E-state index in [1.807, 2.05) is 12.1 Å². The zero-order valence-corrected chi connectivity index (χ0v) is 16.2. The number of pyridine rings is 1. The van der Waals surface area contributed by atoms with Crippen LogP contribution in [0.15, 0.2) is 64.5 Å². The number of nitrogens with one attached hydrogen (secondary N) is 1. The molecule has 0 atom stereocenters. The monoisotopic (exact) mass is 420 g/mol. The molecule has 2 aromatic carbocycles. The number of sulfone groups is 1. The van der Waals surface area contributed by atoms with Crippen LogP contribution in [0.4, 0.5) is 13.2 Å². The molecule has 8 heteroatoms. The van der Waals surface area contributed by atoms with E-state index in [1.165, 1.54) is 18.3 Å². The van der Waals surface area contributed by atoms with Gasteiger partial charge in [-0.15, -0.1) is 0 Å². The Labute approximate surface area is 166 Å². The Morgan fingerprint density at radius 1 is 0.966 bits per heavy atom. The van der Waals surface area contributed by atoms with Gasteiger partial charge in [-0.2, -0.15) is 13.2 Å². The second-order valence-corrected chi connectivity index (χ2v) is 9.09. The minimum Gasteiger partial charge on any atom is -0.317 e. The summed E-state index contributed by atoms with van der Waals surface area (Å²) in [6, 6.07) is 10.9. The number of nitrogens with zero attached hydrogens (tertiary/aromatic N) is 1. The Bertz CT molecular complexity index is 1150. The molecule has 29 heavy (non-hydrogen) atoms. The minimum absolute atomic E-state index is 0.119. The van der Waals surface area contributed by atoms with Crippen LogP contribution in [-0.4, -0.2) is 26.5 Å². The van der Waals surface area contributed by atoms with Crippen molar-refractivity contribution in [1.29, 1.82) is 0 Å². The van der Waals surface area contributed by atoms with Crippen LogP contribution in [0.25, 0.3) is 10.9 Å². The summed E-state index contributed by atoms with van der Waals surface area (Å²) < 4.78 is 64.8. The molecule has 0 bridgehead atoms. The highest BCUT2D eigenvalue weighted by Gasteiger charge is 2.32. The van der Waals surface area contributed by atoms with Gasteiger partial charge in [0, 0.05) is 11.6 Å². The molecule has 1 aromatic heterocycles. The summed E-state index contributed by atoms with van der Waals surface area (Å²) in [5, 5.41) is 3.98. The molecule has 1 aliphatic rings. The Morgan fingerprint density at radius 3 is 2.41 bits per heavy atom. The molecule has 2 heterocycles. The molecular weight excluding hydrogens is 401 g/mol. The predicted octanol–water partition coefficient (Wildman–Crippen LogP) is 4.55. The van der Waals surface area contributed by atoms with Crippen molar-refractivity contribution in [2.24, 2.45) is 0 Å². The van der Waals surface area contributed by atoms with Crippen LogP contribution in [0.3, 0.4) is 0 Å². The van der Waals surface area contributed by atoms with Gasteiger partial charge in [0.25, 0.3) is 0 Å². The van der Waals surface area contributed by atoms with Gasteiger partial charge < -0.3 is 5.32 Å². The van der Waals surface area contributed by atoms with Gasteiger partial charge >= 0.3 is 6.18 Å². The summed E-state index contributed by atoms with van der Waals surface area (Å²) in [6.45, 7) is 1.84. The standard InChI is InChI=1S/C21H19F3N2O2S/c22-21(23,24)16-4-2-5-17(12-16)29(27,28)18-11-15-3-1-6-19(20(15)26-13-18)14-7-9-25-10-8-14/h1-6,11-14,25H,7-10H2. The molecule has 1 aliphatic heterocycles. The fourth-order valence-electron chi connectivity index (χ4n) is 3.75. The maximum Gasteiger partial charge on any atom is 0.416 e. The lowest BCUT2D eigenvalue weighted by Crippen LogP contribution is -2.26. The van der Waals surface area contributed by atoms with Gasteiger partial charge in [-0.05, 0) is 61.7 Å². The normalized spacial score (nSPS) is 16.2. The molecule has 0 saturated carbocycles. The van der Waals surface area contributed by atoms with Crippen molar-refractivity contribution in [3.05, 3.63) is 65.9 Å². The zero-order chi connectivity index (χ0) is 20.6. The zero-order valence-electron chi connectivity index (χ0n) is 15.4. The van der Waals surface area contributed by atoms with E-state index in [9.17, 15) is 21.6 Å². The number of aromatic nitrogens is 1. The van der Waals surface area contributed by atoms with Gasteiger partial charge in [-0.3, -0.25) is 4.98 Å². The fraction of sp³-hybridized carbons (Fsp3) is 0.286. The lowest BCUT2D eigenvalue weighted by molar-refractivity contribution is -0.137. The minimum atomic E-state index is -4.61. The molecular formula is C21H19F3N2O2S. The van der Waals surface area contributed by atoms with Crippen molar-refractivity contribution in [1.82, 2.24) is 10.3 Å². The van der Waals surface area contributed by atoms with Gasteiger partial charge in [0.2, 0.25) is 9.84 Å². The van der Waals surface area contributed by atoms with E-state index in [1.54, 1.807) is 6.07 Å². The van der Waals surface area contributed by atoms with Crippen LogP contribution in [0, 0.1) is 0 Å². The Morgan fingerprint density at radius 2 is 1.69 bits per heavy atom. The summed E-state index contributed by atoms with van der Waals surface area (Å²) >= 11 is 0. The van der Waals surface area contributed by atoms with Crippen molar-refractivity contribution in [2.45, 2.75) is 34.7 Å². The fourth-order valence-corrected chi connectivity index (χ4v) is 5.03. The summed E-state index contributed by atoms with van der Waals surface area (Å²) in [4.78, 5) is 3.88. The highest BCUT2D eigenvalue weighted by molar-refractivity contribution is 7.91. The highest BCUT2D eigenvalue weighted by atomic mass is 32.2. The van der Waals surface area contributed by atoms with Crippen molar-refractivity contribution in [3.63, 3.8) is 0 Å². The predicted molar refractivity (Wildman–Crippen MR) is 103 cm³/mol. The average Bonchev–Trinajstić information content (AvgIpc) is 2.73. The Balaban J connectivity index is 1.76. The summed E-state index contributed by atoms with van der Waals surface area (Å²) in [5.74, 6) is 0.346. The lowest BCUT2D eigenvalue weighted by atomic mass is 9.89. The number of hydrogen-bond acceptors (Lipinski definition) is 4. The van der Waals surface area contributed by atoms with Gasteiger partial charge in [-0.1, -0.05) is 24.3 Å². The van der Waals surface area contributed by atoms with E-state index in [0.29, 0.717) is 17.4 Å². The molecule has 3 aromatic rings. The van der Waals surface area contributed by atoms with Gasteiger partial charge in [0.05, 0.1) is 20.9 Å². The molecule has 0 spiro atoms. The number of fused-ring (bicyclic) bond motifs is 1. The average molecular weight is 420 g/mol. The molecule has 0 radical (unpaired) electrons. The van der Waals surface area contributed by atoms with Crippen LogP contribution in [-0.2, 0) is 16.0 Å². The SMILES string of the molecule is O=S(=O)(c1cccc(C(F)(F)F)c1)c1cnc2c(C3CCNCC3)cccc2c1. The third-order valence-electron chi connectivity index (χ3n) is 5.28.